The standard InChI is InChI=1S/C28H58NO6P/c1-6-7-8-9-10-11-12-13-14-15-16-17-18-19-20-21-23-33-25-28(35-27(2)30)26-36(31,32)34-24-22-29(3,4)5/h28H,6-26H2,1-5H3/p+1/t28-/m1/s1. The number of unbranched alkanes of at least 4 members (excludes halogenated alkanes) is 15. The van der Waals surface area contributed by atoms with Gasteiger partial charge in [0.1, 0.15) is 19.3 Å². The molecule has 0 amide bonds. The van der Waals surface area contributed by atoms with Crippen molar-refractivity contribution >= 4 is 13.6 Å². The highest BCUT2D eigenvalue weighted by atomic mass is 31.2. The van der Waals surface area contributed by atoms with Crippen LogP contribution in [-0.4, -0.2) is 75.1 Å². The van der Waals surface area contributed by atoms with Crippen molar-refractivity contribution in [1.82, 2.24) is 0 Å². The zero-order chi connectivity index (χ0) is 27.1. The third-order valence-electron chi connectivity index (χ3n) is 6.27. The van der Waals surface area contributed by atoms with Gasteiger partial charge in [0.05, 0.1) is 33.9 Å². The molecule has 0 aliphatic carbocycles. The zero-order valence-electron chi connectivity index (χ0n) is 24.3. The first kappa shape index (κ1) is 35.5. The fourth-order valence-electron chi connectivity index (χ4n) is 4.09. The molecule has 0 bridgehead atoms. The van der Waals surface area contributed by atoms with E-state index in [1.807, 2.05) is 21.1 Å². The molecular formula is C28H59NO6P+. The molecule has 0 fully saturated rings. The summed E-state index contributed by atoms with van der Waals surface area (Å²) in [6, 6.07) is 0. The molecule has 7 nitrogen and oxygen atoms in total. The van der Waals surface area contributed by atoms with Crippen molar-refractivity contribution in [2.75, 3.05) is 53.7 Å². The van der Waals surface area contributed by atoms with Gasteiger partial charge in [0.25, 0.3) is 0 Å². The smallest absolute Gasteiger partial charge is 0.332 e. The van der Waals surface area contributed by atoms with Crippen LogP contribution >= 0.6 is 7.60 Å². The Balaban J connectivity index is 3.72. The van der Waals surface area contributed by atoms with Crippen molar-refractivity contribution in [3.8, 4) is 0 Å². The van der Waals surface area contributed by atoms with Crippen molar-refractivity contribution < 1.29 is 32.7 Å². The lowest BCUT2D eigenvalue weighted by molar-refractivity contribution is -0.870. The number of likely N-dealkylation sites (N-methyl/N-ethyl adjacent to an activating group) is 1. The Morgan fingerprint density at radius 2 is 1.22 bits per heavy atom. The van der Waals surface area contributed by atoms with E-state index in [1.54, 1.807) is 0 Å². The highest BCUT2D eigenvalue weighted by Crippen LogP contribution is 2.42. The summed E-state index contributed by atoms with van der Waals surface area (Å²) in [4.78, 5) is 21.5. The summed E-state index contributed by atoms with van der Waals surface area (Å²) in [5, 5.41) is 0. The minimum Gasteiger partial charge on any atom is -0.459 e. The third kappa shape index (κ3) is 26.6. The molecule has 1 N–H and O–H groups in total. The van der Waals surface area contributed by atoms with Crippen LogP contribution in [0.25, 0.3) is 0 Å². The van der Waals surface area contributed by atoms with E-state index < -0.39 is 19.7 Å². The molecule has 2 atom stereocenters. The SMILES string of the molecule is CCCCCCCCCCCCCCCCCCOC[C@H](CP(=O)(O)OCC[N+](C)(C)C)OC(C)=O. The van der Waals surface area contributed by atoms with Crippen molar-refractivity contribution in [3.05, 3.63) is 0 Å². The van der Waals surface area contributed by atoms with Gasteiger partial charge in [-0.05, 0) is 6.42 Å². The number of carbonyl (C=O) groups is 1. The van der Waals surface area contributed by atoms with Gasteiger partial charge in [0.15, 0.2) is 0 Å². The first-order valence-electron chi connectivity index (χ1n) is 14.6. The van der Waals surface area contributed by atoms with Crippen LogP contribution in [0.4, 0.5) is 0 Å². The summed E-state index contributed by atoms with van der Waals surface area (Å²) in [6.07, 6.45) is 20.1. The van der Waals surface area contributed by atoms with Crippen molar-refractivity contribution in [1.29, 1.82) is 0 Å². The summed E-state index contributed by atoms with van der Waals surface area (Å²) in [7, 11) is 2.11. The Hall–Kier alpha value is -0.460. The van der Waals surface area contributed by atoms with Crippen molar-refractivity contribution in [3.63, 3.8) is 0 Å². The predicted molar refractivity (Wildman–Crippen MR) is 149 cm³/mol. The normalized spacial score (nSPS) is 14.5. The van der Waals surface area contributed by atoms with Crippen LogP contribution in [0.5, 0.6) is 0 Å². The highest BCUT2D eigenvalue weighted by Gasteiger charge is 2.28. The summed E-state index contributed by atoms with van der Waals surface area (Å²) < 4.78 is 29.0. The molecule has 0 aliphatic rings. The number of quaternary nitrogens is 1. The van der Waals surface area contributed by atoms with E-state index in [9.17, 15) is 14.3 Å². The molecule has 36 heavy (non-hydrogen) atoms. The predicted octanol–water partition coefficient (Wildman–Crippen LogP) is 7.10. The molecule has 0 saturated carbocycles. The molecule has 0 rings (SSSR count). The van der Waals surface area contributed by atoms with Gasteiger partial charge in [0, 0.05) is 13.5 Å². The fraction of sp³-hybridized carbons (Fsp3) is 0.964. The molecule has 0 saturated heterocycles. The number of hydrogen-bond acceptors (Lipinski definition) is 5. The average Bonchev–Trinajstić information content (AvgIpc) is 2.76. The quantitative estimate of drug-likeness (QED) is 0.0549. The minimum atomic E-state index is -3.85. The number of ether oxygens (including phenoxy) is 2. The van der Waals surface area contributed by atoms with Crippen molar-refractivity contribution in [2.24, 2.45) is 0 Å². The second-order valence-corrected chi connectivity index (χ2v) is 13.2. The van der Waals surface area contributed by atoms with Crippen LogP contribution in [0.2, 0.25) is 0 Å². The van der Waals surface area contributed by atoms with E-state index in [2.05, 4.69) is 6.92 Å². The van der Waals surface area contributed by atoms with Crippen molar-refractivity contribution in [2.45, 2.75) is 123 Å². The lowest BCUT2D eigenvalue weighted by atomic mass is 10.0. The maximum absolute atomic E-state index is 12.4. The van der Waals surface area contributed by atoms with Gasteiger partial charge in [-0.1, -0.05) is 103 Å². The zero-order valence-corrected chi connectivity index (χ0v) is 25.2. The van der Waals surface area contributed by atoms with Gasteiger partial charge in [-0.15, -0.1) is 0 Å². The van der Waals surface area contributed by atoms with Gasteiger partial charge < -0.3 is 23.4 Å². The molecule has 216 valence electrons. The highest BCUT2D eigenvalue weighted by molar-refractivity contribution is 7.52. The molecule has 0 heterocycles. The van der Waals surface area contributed by atoms with Gasteiger partial charge in [-0.25, -0.2) is 0 Å². The third-order valence-corrected chi connectivity index (χ3v) is 7.72. The first-order chi connectivity index (χ1) is 17.1. The summed E-state index contributed by atoms with van der Waals surface area (Å²) in [5.41, 5.74) is 0. The number of carbonyl (C=O) groups excluding carboxylic acids is 1. The Morgan fingerprint density at radius 3 is 1.64 bits per heavy atom. The van der Waals surface area contributed by atoms with Crippen LogP contribution in [0.1, 0.15) is 117 Å². The molecule has 0 aromatic rings. The largest absolute Gasteiger partial charge is 0.459 e. The molecule has 0 aliphatic heterocycles. The topological polar surface area (TPSA) is 82.1 Å². The van der Waals surface area contributed by atoms with Crippen LogP contribution < -0.4 is 0 Å². The summed E-state index contributed by atoms with van der Waals surface area (Å²) >= 11 is 0. The second kappa shape index (κ2) is 22.5. The van der Waals surface area contributed by atoms with Gasteiger partial charge in [0.2, 0.25) is 0 Å². The summed E-state index contributed by atoms with van der Waals surface area (Å²) in [5.74, 6) is -0.489. The molecule has 0 aromatic heterocycles. The number of rotatable bonds is 26. The molecule has 0 radical (unpaired) electrons. The number of nitrogens with zero attached hydrogens (tertiary/aromatic N) is 1. The Bertz CT molecular complexity index is 567. The monoisotopic (exact) mass is 536 g/mol. The lowest BCUT2D eigenvalue weighted by Crippen LogP contribution is -2.37. The summed E-state index contributed by atoms with van der Waals surface area (Å²) in [6.45, 7) is 5.02. The Morgan fingerprint density at radius 1 is 0.778 bits per heavy atom. The molecule has 0 spiro atoms. The average molecular weight is 537 g/mol. The van der Waals surface area contributed by atoms with E-state index >= 15 is 0 Å². The fourth-order valence-corrected chi connectivity index (χ4v) is 5.26. The molecule has 8 heteroatoms. The molecule has 1 unspecified atom stereocenters. The lowest BCUT2D eigenvalue weighted by Gasteiger charge is -2.25. The second-order valence-electron chi connectivity index (χ2n) is 11.3. The van der Waals surface area contributed by atoms with E-state index in [0.29, 0.717) is 17.6 Å². The van der Waals surface area contributed by atoms with Crippen LogP contribution in [0.15, 0.2) is 0 Å². The van der Waals surface area contributed by atoms with E-state index in [0.717, 1.165) is 12.8 Å². The number of esters is 1. The Kier molecular flexibility index (Phi) is 22.2. The molecule has 0 aromatic carbocycles. The van der Waals surface area contributed by atoms with Crippen LogP contribution in [-0.2, 0) is 23.4 Å². The maximum Gasteiger partial charge on any atom is 0.332 e. The van der Waals surface area contributed by atoms with Gasteiger partial charge in [-0.3, -0.25) is 9.36 Å². The Labute approximate surface area is 222 Å². The molecular weight excluding hydrogens is 477 g/mol. The minimum absolute atomic E-state index is 0.113. The van der Waals surface area contributed by atoms with Gasteiger partial charge in [-0.2, -0.15) is 0 Å². The van der Waals surface area contributed by atoms with E-state index in [1.165, 1.54) is 96.8 Å². The van der Waals surface area contributed by atoms with Crippen LogP contribution in [0, 0.1) is 0 Å². The van der Waals surface area contributed by atoms with Crippen LogP contribution in [0.3, 0.4) is 0 Å². The number of hydrogen-bond donors (Lipinski definition) is 1. The first-order valence-corrected chi connectivity index (χ1v) is 16.3. The van der Waals surface area contributed by atoms with Gasteiger partial charge >= 0.3 is 13.6 Å². The maximum atomic E-state index is 12.4. The van der Waals surface area contributed by atoms with E-state index in [-0.39, 0.29) is 19.4 Å². The van der Waals surface area contributed by atoms with E-state index in [4.69, 9.17) is 14.0 Å².